The van der Waals surface area contributed by atoms with Crippen LogP contribution in [0.1, 0.15) is 13.8 Å². The van der Waals surface area contributed by atoms with Gasteiger partial charge in [-0.05, 0) is 19.9 Å². The first-order valence-electron chi connectivity index (χ1n) is 7.67. The first-order valence-corrected chi connectivity index (χ1v) is 9.70. The molecule has 2 rings (SSSR count). The van der Waals surface area contributed by atoms with Crippen LogP contribution in [0, 0.1) is 0 Å². The largest absolute Gasteiger partial charge is 0.476 e. The van der Waals surface area contributed by atoms with Gasteiger partial charge in [-0.2, -0.15) is 0 Å². The van der Waals surface area contributed by atoms with Crippen molar-refractivity contribution in [2.75, 3.05) is 39.0 Å². The second-order valence-electron chi connectivity index (χ2n) is 6.14. The van der Waals surface area contributed by atoms with Crippen molar-refractivity contribution in [1.29, 1.82) is 0 Å². The summed E-state index contributed by atoms with van der Waals surface area (Å²) in [5.41, 5.74) is 0. The van der Waals surface area contributed by atoms with Crippen molar-refractivity contribution in [3.8, 4) is 5.88 Å². The van der Waals surface area contributed by atoms with Gasteiger partial charge in [0.05, 0.1) is 22.1 Å². The second-order valence-corrected chi connectivity index (χ2v) is 9.32. The molecule has 1 aromatic heterocycles. The number of sulfone groups is 1. The number of pyridine rings is 1. The van der Waals surface area contributed by atoms with Gasteiger partial charge in [-0.15, -0.1) is 24.0 Å². The number of aliphatic imine (C=N–C) groups is 1. The fourth-order valence-electron chi connectivity index (χ4n) is 2.42. The molecule has 0 bridgehead atoms. The maximum atomic E-state index is 12.1. The number of hydrogen-bond donors (Lipinski definition) is 1. The topological polar surface area (TPSA) is 83.9 Å². The Labute approximate surface area is 171 Å². The van der Waals surface area contributed by atoms with Gasteiger partial charge in [0.15, 0.2) is 15.8 Å². The van der Waals surface area contributed by atoms with Gasteiger partial charge in [0.25, 0.3) is 0 Å². The van der Waals surface area contributed by atoms with Crippen molar-refractivity contribution >= 4 is 51.4 Å². The van der Waals surface area contributed by atoms with Crippen molar-refractivity contribution in [2.24, 2.45) is 4.99 Å². The standard InChI is InChI=1S/C15H23ClN4O3S.HI/c1-15(2)11-20(7-9-24(15,21)22)14(17-3)18-6-8-23-13-5-4-12(16)10-19-13;/h4-5,10H,6-9,11H2,1-3H3,(H,17,18);1H. The molecular formula is C15H24ClIN4O3S. The normalized spacial score (nSPS) is 19.0. The lowest BCUT2D eigenvalue weighted by Crippen LogP contribution is -2.57. The predicted molar refractivity (Wildman–Crippen MR) is 111 cm³/mol. The minimum absolute atomic E-state index is 0. The van der Waals surface area contributed by atoms with Crippen LogP contribution in [0.5, 0.6) is 5.88 Å². The van der Waals surface area contributed by atoms with Crippen LogP contribution >= 0.6 is 35.6 Å². The summed E-state index contributed by atoms with van der Waals surface area (Å²) in [6.45, 7) is 5.28. The van der Waals surface area contributed by atoms with E-state index >= 15 is 0 Å². The number of guanidine groups is 1. The Morgan fingerprint density at radius 3 is 2.76 bits per heavy atom. The van der Waals surface area contributed by atoms with Crippen LogP contribution in [0.25, 0.3) is 0 Å². The fraction of sp³-hybridized carbons (Fsp3) is 0.600. The van der Waals surface area contributed by atoms with Crippen molar-refractivity contribution in [1.82, 2.24) is 15.2 Å². The fourth-order valence-corrected chi connectivity index (χ4v) is 3.90. The molecule has 0 saturated carbocycles. The minimum atomic E-state index is -3.07. The van der Waals surface area contributed by atoms with Crippen LogP contribution in [0.2, 0.25) is 5.02 Å². The van der Waals surface area contributed by atoms with Crippen molar-refractivity contribution in [3.05, 3.63) is 23.4 Å². The smallest absolute Gasteiger partial charge is 0.213 e. The van der Waals surface area contributed by atoms with E-state index in [-0.39, 0.29) is 29.7 Å². The molecule has 1 aliphatic rings. The summed E-state index contributed by atoms with van der Waals surface area (Å²) < 4.78 is 28.9. The van der Waals surface area contributed by atoms with Gasteiger partial charge >= 0.3 is 0 Å². The highest BCUT2D eigenvalue weighted by Gasteiger charge is 2.40. The Kier molecular flexibility index (Phi) is 8.20. The number of ether oxygens (including phenoxy) is 1. The summed E-state index contributed by atoms with van der Waals surface area (Å²) in [6.07, 6.45) is 1.53. The quantitative estimate of drug-likeness (QED) is 0.293. The van der Waals surface area contributed by atoms with Crippen molar-refractivity contribution in [3.63, 3.8) is 0 Å². The van der Waals surface area contributed by atoms with Gasteiger partial charge in [0.1, 0.15) is 6.61 Å². The molecule has 7 nitrogen and oxygen atoms in total. The molecule has 0 aliphatic carbocycles. The third-order valence-electron chi connectivity index (χ3n) is 3.89. The van der Waals surface area contributed by atoms with Crippen LogP contribution in [0.3, 0.4) is 0 Å². The summed E-state index contributed by atoms with van der Waals surface area (Å²) in [5, 5.41) is 3.75. The monoisotopic (exact) mass is 502 g/mol. The van der Waals surface area contributed by atoms with Gasteiger partial charge in [-0.25, -0.2) is 13.4 Å². The SMILES string of the molecule is CN=C(NCCOc1ccc(Cl)cn1)N1CCS(=O)(=O)C(C)(C)C1.I. The van der Waals surface area contributed by atoms with E-state index < -0.39 is 14.6 Å². The van der Waals surface area contributed by atoms with Crippen LogP contribution in [-0.2, 0) is 9.84 Å². The number of hydrogen-bond acceptors (Lipinski definition) is 5. The average Bonchev–Trinajstić information content (AvgIpc) is 2.52. The molecule has 2 heterocycles. The Hall–Kier alpha value is -0.810. The van der Waals surface area contributed by atoms with Crippen LogP contribution in [-0.4, -0.2) is 68.0 Å². The highest BCUT2D eigenvalue weighted by atomic mass is 127. The van der Waals surface area contributed by atoms with E-state index in [0.29, 0.717) is 43.1 Å². The van der Waals surface area contributed by atoms with Gasteiger partial charge in [0, 0.05) is 32.4 Å². The maximum Gasteiger partial charge on any atom is 0.213 e. The maximum absolute atomic E-state index is 12.1. The molecule has 1 aromatic rings. The third kappa shape index (κ3) is 5.85. The van der Waals surface area contributed by atoms with Crippen LogP contribution < -0.4 is 10.1 Å². The Balaban J connectivity index is 0.00000312. The van der Waals surface area contributed by atoms with Crippen LogP contribution in [0.4, 0.5) is 0 Å². The van der Waals surface area contributed by atoms with Crippen molar-refractivity contribution in [2.45, 2.75) is 18.6 Å². The molecule has 0 aromatic carbocycles. The number of halogens is 2. The number of rotatable bonds is 4. The molecule has 0 amide bonds. The molecule has 0 atom stereocenters. The Morgan fingerprint density at radius 1 is 1.48 bits per heavy atom. The predicted octanol–water partition coefficient (Wildman–Crippen LogP) is 1.82. The molecule has 1 fully saturated rings. The molecule has 1 N–H and O–H groups in total. The van der Waals surface area contributed by atoms with E-state index in [4.69, 9.17) is 16.3 Å². The lowest BCUT2D eigenvalue weighted by Gasteiger charge is -2.39. The molecule has 142 valence electrons. The Morgan fingerprint density at radius 2 is 2.20 bits per heavy atom. The summed E-state index contributed by atoms with van der Waals surface area (Å²) in [5.74, 6) is 1.30. The molecule has 25 heavy (non-hydrogen) atoms. The second kappa shape index (κ2) is 9.22. The highest BCUT2D eigenvalue weighted by molar-refractivity contribution is 14.0. The summed E-state index contributed by atoms with van der Waals surface area (Å²) >= 11 is 5.77. The van der Waals surface area contributed by atoms with E-state index in [2.05, 4.69) is 15.3 Å². The lowest BCUT2D eigenvalue weighted by molar-refractivity contribution is 0.303. The zero-order valence-electron chi connectivity index (χ0n) is 14.5. The zero-order chi connectivity index (χ0) is 17.8. The van der Waals surface area contributed by atoms with E-state index in [1.807, 2.05) is 4.90 Å². The molecular weight excluding hydrogens is 479 g/mol. The molecule has 10 heteroatoms. The minimum Gasteiger partial charge on any atom is -0.476 e. The van der Waals surface area contributed by atoms with E-state index in [1.54, 1.807) is 33.0 Å². The van der Waals surface area contributed by atoms with Gasteiger partial charge in [-0.3, -0.25) is 4.99 Å². The number of nitrogens with zero attached hydrogens (tertiary/aromatic N) is 3. The number of nitrogens with one attached hydrogen (secondary N) is 1. The first-order chi connectivity index (χ1) is 11.2. The number of aromatic nitrogens is 1. The lowest BCUT2D eigenvalue weighted by atomic mass is 10.2. The Bertz CT molecular complexity index is 695. The van der Waals surface area contributed by atoms with Gasteiger partial charge in [0.2, 0.25) is 5.88 Å². The molecule has 1 saturated heterocycles. The summed E-state index contributed by atoms with van der Waals surface area (Å²) in [6, 6.07) is 3.42. The van der Waals surface area contributed by atoms with Gasteiger partial charge in [-0.1, -0.05) is 11.6 Å². The van der Waals surface area contributed by atoms with E-state index in [9.17, 15) is 8.42 Å². The zero-order valence-corrected chi connectivity index (χ0v) is 18.4. The van der Waals surface area contributed by atoms with E-state index in [0.717, 1.165) is 0 Å². The molecule has 0 radical (unpaired) electrons. The molecule has 0 spiro atoms. The van der Waals surface area contributed by atoms with Crippen LogP contribution in [0.15, 0.2) is 23.3 Å². The molecule has 1 aliphatic heterocycles. The highest BCUT2D eigenvalue weighted by Crippen LogP contribution is 2.23. The van der Waals surface area contributed by atoms with Gasteiger partial charge < -0.3 is 15.0 Å². The van der Waals surface area contributed by atoms with E-state index in [1.165, 1.54) is 6.20 Å². The summed E-state index contributed by atoms with van der Waals surface area (Å²) in [7, 11) is -1.39. The first kappa shape index (κ1) is 22.2. The third-order valence-corrected chi connectivity index (χ3v) is 6.65. The molecule has 0 unspecified atom stereocenters. The summed E-state index contributed by atoms with van der Waals surface area (Å²) in [4.78, 5) is 10.2. The average molecular weight is 503 g/mol. The van der Waals surface area contributed by atoms with Crippen molar-refractivity contribution < 1.29 is 13.2 Å².